The monoisotopic (exact) mass is 534 g/mol. The minimum absolute atomic E-state index is 0.0539. The Bertz CT molecular complexity index is 1500. The fraction of sp³-hybridized carbons (Fsp3) is 0.182. The standard InChI is InChI=1S/C22H19F2N4O2P3S/c1-4-28-21(29)10(8(2)11(7-25)22(28)30)5-9-6-12-20(34-9)26-19(27(12)3)13-16(31)14(23)15(24)18(33)17(13)32/h5-6H,4,31-33H2,1-3H3/b10-5-. The third-order valence-corrected chi connectivity index (χ3v) is 8.75. The number of rotatable bonds is 3. The summed E-state index contributed by atoms with van der Waals surface area (Å²) >= 11 is 1.31. The molecule has 6 nitrogen and oxygen atoms in total. The summed E-state index contributed by atoms with van der Waals surface area (Å²) in [5.74, 6) is -2.45. The predicted molar refractivity (Wildman–Crippen MR) is 141 cm³/mol. The molecule has 1 aliphatic rings. The summed E-state index contributed by atoms with van der Waals surface area (Å²) in [7, 11) is 8.68. The Hall–Kier alpha value is -2.35. The van der Waals surface area contributed by atoms with Gasteiger partial charge in [0.25, 0.3) is 11.8 Å². The van der Waals surface area contributed by atoms with Crippen molar-refractivity contribution in [3.05, 3.63) is 39.3 Å². The van der Waals surface area contributed by atoms with Crippen molar-refractivity contribution in [1.82, 2.24) is 14.5 Å². The zero-order valence-electron chi connectivity index (χ0n) is 18.4. The molecule has 174 valence electrons. The second kappa shape index (κ2) is 9.02. The lowest BCUT2D eigenvalue weighted by atomic mass is 9.95. The number of hydrogen-bond acceptors (Lipinski definition) is 5. The van der Waals surface area contributed by atoms with Gasteiger partial charge in [-0.2, -0.15) is 5.26 Å². The molecule has 1 aromatic carbocycles. The number of nitrogens with zero attached hydrogens (tertiary/aromatic N) is 4. The average molecular weight is 534 g/mol. The minimum atomic E-state index is -0.950. The number of halogens is 2. The highest BCUT2D eigenvalue weighted by Crippen LogP contribution is 2.34. The fourth-order valence-corrected chi connectivity index (χ4v) is 6.10. The Balaban J connectivity index is 1.86. The summed E-state index contributed by atoms with van der Waals surface area (Å²) in [5.41, 5.74) is 1.76. The number of benzene rings is 1. The number of aromatic nitrogens is 2. The van der Waals surface area contributed by atoms with E-state index in [1.54, 1.807) is 31.5 Å². The van der Waals surface area contributed by atoms with Crippen molar-refractivity contribution >= 4 is 83.2 Å². The molecule has 0 saturated carbocycles. The van der Waals surface area contributed by atoms with Gasteiger partial charge in [0.2, 0.25) is 0 Å². The van der Waals surface area contributed by atoms with Gasteiger partial charge in [-0.3, -0.25) is 14.5 Å². The molecular weight excluding hydrogens is 515 g/mol. The van der Waals surface area contributed by atoms with Gasteiger partial charge in [0.05, 0.1) is 5.52 Å². The lowest BCUT2D eigenvalue weighted by Gasteiger charge is -2.26. The number of fused-ring (bicyclic) bond motifs is 1. The molecule has 0 spiro atoms. The van der Waals surface area contributed by atoms with E-state index >= 15 is 0 Å². The van der Waals surface area contributed by atoms with E-state index in [4.69, 9.17) is 0 Å². The fourth-order valence-electron chi connectivity index (χ4n) is 3.83. The molecule has 0 fully saturated rings. The molecule has 1 aliphatic heterocycles. The first-order valence-corrected chi connectivity index (χ1v) is 12.5. The van der Waals surface area contributed by atoms with Crippen molar-refractivity contribution in [2.45, 2.75) is 13.8 Å². The molecule has 34 heavy (non-hydrogen) atoms. The minimum Gasteiger partial charge on any atom is -0.326 e. The molecule has 2 amide bonds. The Kier molecular flexibility index (Phi) is 6.57. The average Bonchev–Trinajstić information content (AvgIpc) is 3.33. The first kappa shape index (κ1) is 24.8. The van der Waals surface area contributed by atoms with Crippen molar-refractivity contribution in [1.29, 1.82) is 5.26 Å². The highest BCUT2D eigenvalue weighted by atomic mass is 32.1. The highest BCUT2D eigenvalue weighted by molar-refractivity contribution is 7.37. The first-order valence-electron chi connectivity index (χ1n) is 10.0. The zero-order chi connectivity index (χ0) is 25.1. The molecule has 0 radical (unpaired) electrons. The second-order valence-corrected chi connectivity index (χ2v) is 10.4. The molecule has 12 heteroatoms. The SMILES string of the molecule is CCN1C(=O)C(C#N)=C(C)/C(=C/c2cc3c(nc(-c4c(P)c(F)c(F)c(P)c4P)n3C)s2)C1=O. The van der Waals surface area contributed by atoms with Crippen molar-refractivity contribution in [2.75, 3.05) is 6.54 Å². The van der Waals surface area contributed by atoms with Crippen molar-refractivity contribution in [3.8, 4) is 17.5 Å². The number of aryl methyl sites for hydroxylation is 1. The lowest BCUT2D eigenvalue weighted by molar-refractivity contribution is -0.140. The molecule has 3 aromatic rings. The summed E-state index contributed by atoms with van der Waals surface area (Å²) in [4.78, 5) is 32.3. The number of thiophene rings is 1. The maximum Gasteiger partial charge on any atom is 0.271 e. The van der Waals surface area contributed by atoms with Crippen LogP contribution < -0.4 is 15.9 Å². The smallest absolute Gasteiger partial charge is 0.271 e. The Morgan fingerprint density at radius 2 is 1.79 bits per heavy atom. The maximum atomic E-state index is 14.4. The van der Waals surface area contributed by atoms with Crippen LogP contribution in [-0.4, -0.2) is 32.8 Å². The summed E-state index contributed by atoms with van der Waals surface area (Å²) < 4.78 is 30.3. The topological polar surface area (TPSA) is 79.0 Å². The van der Waals surface area contributed by atoms with Crippen molar-refractivity contribution in [2.24, 2.45) is 7.05 Å². The number of imide groups is 1. The van der Waals surface area contributed by atoms with Crippen LogP contribution in [0.25, 0.3) is 27.8 Å². The van der Waals surface area contributed by atoms with Crippen LogP contribution in [0.1, 0.15) is 18.7 Å². The van der Waals surface area contributed by atoms with E-state index in [9.17, 15) is 23.6 Å². The van der Waals surface area contributed by atoms with E-state index in [1.165, 1.54) is 11.3 Å². The van der Waals surface area contributed by atoms with Gasteiger partial charge in [0.1, 0.15) is 22.3 Å². The van der Waals surface area contributed by atoms with Crippen LogP contribution in [0.5, 0.6) is 0 Å². The molecule has 0 bridgehead atoms. The number of carbonyl (C=O) groups excluding carboxylic acids is 2. The number of hydrogen-bond donors (Lipinski definition) is 0. The van der Waals surface area contributed by atoms with Crippen LogP contribution in [0.3, 0.4) is 0 Å². The number of imidazole rings is 1. The van der Waals surface area contributed by atoms with E-state index in [0.717, 1.165) is 10.4 Å². The van der Waals surface area contributed by atoms with Crippen molar-refractivity contribution in [3.63, 3.8) is 0 Å². The normalized spacial score (nSPS) is 15.7. The third kappa shape index (κ3) is 3.65. The zero-order valence-corrected chi connectivity index (χ0v) is 22.6. The third-order valence-electron chi connectivity index (χ3n) is 5.75. The molecular formula is C22H19F2N4O2P3S. The van der Waals surface area contributed by atoms with Gasteiger partial charge in [-0.05, 0) is 36.9 Å². The van der Waals surface area contributed by atoms with Gasteiger partial charge in [0, 0.05) is 40.2 Å². The number of carbonyl (C=O) groups is 2. The van der Waals surface area contributed by atoms with E-state index in [0.29, 0.717) is 32.0 Å². The van der Waals surface area contributed by atoms with Crippen molar-refractivity contribution < 1.29 is 18.4 Å². The van der Waals surface area contributed by atoms with E-state index < -0.39 is 23.4 Å². The lowest BCUT2D eigenvalue weighted by Crippen LogP contribution is -2.42. The quantitative estimate of drug-likeness (QED) is 0.294. The highest BCUT2D eigenvalue weighted by Gasteiger charge is 2.34. The molecule has 3 unspecified atom stereocenters. The van der Waals surface area contributed by atoms with Crippen LogP contribution in [0.2, 0.25) is 0 Å². The largest absolute Gasteiger partial charge is 0.326 e. The van der Waals surface area contributed by atoms with Crippen LogP contribution in [-0.2, 0) is 16.6 Å². The van der Waals surface area contributed by atoms with Gasteiger partial charge in [-0.15, -0.1) is 39.1 Å². The molecule has 2 aromatic heterocycles. The molecule has 0 saturated heterocycles. The van der Waals surface area contributed by atoms with Gasteiger partial charge >= 0.3 is 0 Å². The van der Waals surface area contributed by atoms with Crippen LogP contribution in [0.15, 0.2) is 22.8 Å². The van der Waals surface area contributed by atoms with Crippen LogP contribution in [0.4, 0.5) is 8.78 Å². The second-order valence-electron chi connectivity index (χ2n) is 7.60. The summed E-state index contributed by atoms with van der Waals surface area (Å²) in [6.07, 6.45) is 1.65. The number of nitriles is 1. The Morgan fingerprint density at radius 3 is 2.38 bits per heavy atom. The Morgan fingerprint density at radius 1 is 1.15 bits per heavy atom. The van der Waals surface area contributed by atoms with Gasteiger partial charge in [-0.25, -0.2) is 13.8 Å². The van der Waals surface area contributed by atoms with E-state index in [-0.39, 0.29) is 28.3 Å². The predicted octanol–water partition coefficient (Wildman–Crippen LogP) is 2.69. The molecule has 3 heterocycles. The maximum absolute atomic E-state index is 14.4. The van der Waals surface area contributed by atoms with E-state index in [1.807, 2.05) is 12.1 Å². The Labute approximate surface area is 205 Å². The molecule has 3 atom stereocenters. The van der Waals surface area contributed by atoms with Crippen LogP contribution in [0, 0.1) is 23.0 Å². The van der Waals surface area contributed by atoms with Crippen LogP contribution >= 0.6 is 39.1 Å². The van der Waals surface area contributed by atoms with Gasteiger partial charge < -0.3 is 4.57 Å². The summed E-state index contributed by atoms with van der Waals surface area (Å²) in [6.45, 7) is 3.42. The number of amides is 2. The summed E-state index contributed by atoms with van der Waals surface area (Å²) in [6, 6.07) is 3.73. The first-order chi connectivity index (χ1) is 16.0. The summed E-state index contributed by atoms with van der Waals surface area (Å²) in [5, 5.41) is 10.1. The van der Waals surface area contributed by atoms with Gasteiger partial charge in [0.15, 0.2) is 11.6 Å². The molecule has 0 N–H and O–H groups in total. The number of likely N-dealkylation sites (N-methyl/N-ethyl adjacent to an activating group) is 1. The van der Waals surface area contributed by atoms with Gasteiger partial charge in [-0.1, -0.05) is 0 Å². The molecule has 4 rings (SSSR count). The molecule has 0 aliphatic carbocycles. The van der Waals surface area contributed by atoms with E-state index in [2.05, 4.69) is 32.7 Å².